The van der Waals surface area contributed by atoms with E-state index < -0.39 is 6.04 Å². The quantitative estimate of drug-likeness (QED) is 0.208. The highest BCUT2D eigenvalue weighted by molar-refractivity contribution is 9.10. The summed E-state index contributed by atoms with van der Waals surface area (Å²) in [7, 11) is 0. The van der Waals surface area contributed by atoms with Gasteiger partial charge in [0.2, 0.25) is 5.91 Å². The number of fused-ring (bicyclic) bond motifs is 1. The Balaban J connectivity index is 1.64. The van der Waals surface area contributed by atoms with Crippen molar-refractivity contribution in [3.63, 3.8) is 0 Å². The summed E-state index contributed by atoms with van der Waals surface area (Å²) < 4.78 is 6.76. The molecule has 0 aliphatic carbocycles. The van der Waals surface area contributed by atoms with Gasteiger partial charge in [-0.3, -0.25) is 9.59 Å². The van der Waals surface area contributed by atoms with E-state index in [-0.39, 0.29) is 25.0 Å². The summed E-state index contributed by atoms with van der Waals surface area (Å²) in [6.45, 7) is 2.21. The fraction of sp³-hybridized carbons (Fsp3) is 0.200. The second-order valence-corrected chi connectivity index (χ2v) is 10.4. The average molecular weight is 614 g/mol. The fourth-order valence-corrected chi connectivity index (χ4v) is 5.16. The van der Waals surface area contributed by atoms with Crippen LogP contribution in [0.25, 0.3) is 10.8 Å². The first-order valence-electron chi connectivity index (χ1n) is 12.2. The van der Waals surface area contributed by atoms with Crippen LogP contribution in [0, 0.1) is 0 Å². The van der Waals surface area contributed by atoms with Crippen LogP contribution in [0.4, 0.5) is 0 Å². The molecule has 0 saturated heterocycles. The van der Waals surface area contributed by atoms with Gasteiger partial charge >= 0.3 is 0 Å². The molecule has 0 bridgehead atoms. The number of carbonyl (C=O) groups excluding carboxylic acids is 2. The molecule has 0 spiro atoms. The molecule has 0 radical (unpaired) electrons. The number of hydrogen-bond acceptors (Lipinski definition) is 3. The summed E-state index contributed by atoms with van der Waals surface area (Å²) in [6.07, 6.45) is 0.347. The molecular formula is C30H27BrCl2N2O3. The lowest BCUT2D eigenvalue weighted by molar-refractivity contribution is -0.142. The lowest BCUT2D eigenvalue weighted by Gasteiger charge is -2.31. The minimum absolute atomic E-state index is 0.159. The molecule has 0 heterocycles. The zero-order valence-corrected chi connectivity index (χ0v) is 23.9. The summed E-state index contributed by atoms with van der Waals surface area (Å²) >= 11 is 16.0. The van der Waals surface area contributed by atoms with Gasteiger partial charge in [0, 0.05) is 19.5 Å². The lowest BCUT2D eigenvalue weighted by Crippen LogP contribution is -2.51. The van der Waals surface area contributed by atoms with Gasteiger partial charge in [0.1, 0.15) is 11.8 Å². The van der Waals surface area contributed by atoms with E-state index >= 15 is 0 Å². The van der Waals surface area contributed by atoms with Crippen LogP contribution in [0.2, 0.25) is 10.0 Å². The number of hydrogen-bond donors (Lipinski definition) is 1. The largest absolute Gasteiger partial charge is 0.483 e. The molecule has 0 aromatic heterocycles. The third-order valence-corrected chi connectivity index (χ3v) is 7.70. The first kappa shape index (κ1) is 28.0. The monoisotopic (exact) mass is 612 g/mol. The SMILES string of the molecule is CCNC(=O)C(Cc1ccccc1)N(Cc1ccc(Cl)c(Cl)c1)C(=O)COc1ccc2ccccc2c1Br. The van der Waals surface area contributed by atoms with E-state index in [0.717, 1.165) is 26.4 Å². The van der Waals surface area contributed by atoms with Gasteiger partial charge in [0.15, 0.2) is 6.61 Å². The van der Waals surface area contributed by atoms with E-state index in [1.807, 2.05) is 73.7 Å². The van der Waals surface area contributed by atoms with Crippen molar-refractivity contribution in [2.24, 2.45) is 0 Å². The van der Waals surface area contributed by atoms with Crippen molar-refractivity contribution < 1.29 is 14.3 Å². The topological polar surface area (TPSA) is 58.6 Å². The summed E-state index contributed by atoms with van der Waals surface area (Å²) in [5.41, 5.74) is 1.69. The van der Waals surface area contributed by atoms with E-state index in [1.54, 1.807) is 23.1 Å². The highest BCUT2D eigenvalue weighted by Crippen LogP contribution is 2.33. The number of carbonyl (C=O) groups is 2. The van der Waals surface area contributed by atoms with Crippen molar-refractivity contribution in [2.75, 3.05) is 13.2 Å². The summed E-state index contributed by atoms with van der Waals surface area (Å²) in [6, 6.07) is 25.7. The second kappa shape index (κ2) is 13.1. The third-order valence-electron chi connectivity index (χ3n) is 6.14. The summed E-state index contributed by atoms with van der Waals surface area (Å²) in [5.74, 6) is -0.0240. The molecule has 2 amide bonds. The predicted molar refractivity (Wildman–Crippen MR) is 157 cm³/mol. The number of ether oxygens (including phenoxy) is 1. The predicted octanol–water partition coefficient (Wildman–Crippen LogP) is 7.06. The van der Waals surface area contributed by atoms with E-state index in [2.05, 4.69) is 21.2 Å². The molecule has 1 atom stereocenters. The fourth-order valence-electron chi connectivity index (χ4n) is 4.23. The van der Waals surface area contributed by atoms with Crippen LogP contribution in [0.3, 0.4) is 0 Å². The molecule has 4 rings (SSSR count). The Morgan fingerprint density at radius 3 is 2.39 bits per heavy atom. The molecule has 0 fully saturated rings. The Hall–Kier alpha value is -3.06. The van der Waals surface area contributed by atoms with Gasteiger partial charge in [-0.05, 0) is 63.0 Å². The Morgan fingerprint density at radius 1 is 0.921 bits per heavy atom. The number of nitrogens with one attached hydrogen (secondary N) is 1. The molecule has 196 valence electrons. The second-order valence-electron chi connectivity index (χ2n) is 8.76. The first-order valence-corrected chi connectivity index (χ1v) is 13.8. The average Bonchev–Trinajstić information content (AvgIpc) is 2.93. The Labute approximate surface area is 240 Å². The van der Waals surface area contributed by atoms with Gasteiger partial charge in [-0.2, -0.15) is 0 Å². The normalized spacial score (nSPS) is 11.7. The van der Waals surface area contributed by atoms with E-state index in [1.165, 1.54) is 0 Å². The van der Waals surface area contributed by atoms with Crippen LogP contribution >= 0.6 is 39.1 Å². The molecule has 0 aliphatic heterocycles. The van der Waals surface area contributed by atoms with Crippen LogP contribution < -0.4 is 10.1 Å². The maximum Gasteiger partial charge on any atom is 0.261 e. The molecule has 1 unspecified atom stereocenters. The minimum Gasteiger partial charge on any atom is -0.483 e. The van der Waals surface area contributed by atoms with Gasteiger partial charge in [0.05, 0.1) is 14.5 Å². The van der Waals surface area contributed by atoms with Crippen molar-refractivity contribution >= 4 is 61.7 Å². The van der Waals surface area contributed by atoms with Gasteiger partial charge in [-0.1, -0.05) is 89.9 Å². The molecule has 5 nitrogen and oxygen atoms in total. The molecule has 8 heteroatoms. The van der Waals surface area contributed by atoms with Crippen molar-refractivity contribution in [3.8, 4) is 5.75 Å². The van der Waals surface area contributed by atoms with E-state index in [9.17, 15) is 9.59 Å². The van der Waals surface area contributed by atoms with Crippen molar-refractivity contribution in [1.29, 1.82) is 0 Å². The maximum atomic E-state index is 13.7. The molecule has 0 saturated carbocycles. The Morgan fingerprint density at radius 2 is 1.66 bits per heavy atom. The van der Waals surface area contributed by atoms with Gasteiger partial charge in [-0.25, -0.2) is 0 Å². The Kier molecular flexibility index (Phi) is 9.67. The molecule has 4 aromatic rings. The van der Waals surface area contributed by atoms with Crippen molar-refractivity contribution in [2.45, 2.75) is 25.9 Å². The van der Waals surface area contributed by atoms with Gasteiger partial charge < -0.3 is 15.0 Å². The molecule has 38 heavy (non-hydrogen) atoms. The molecule has 1 N–H and O–H groups in total. The maximum absolute atomic E-state index is 13.7. The molecule has 0 aliphatic rings. The number of amides is 2. The van der Waals surface area contributed by atoms with Crippen LogP contribution in [0.1, 0.15) is 18.1 Å². The smallest absolute Gasteiger partial charge is 0.261 e. The van der Waals surface area contributed by atoms with Crippen LogP contribution in [0.5, 0.6) is 5.75 Å². The number of rotatable bonds is 10. The lowest BCUT2D eigenvalue weighted by atomic mass is 10.0. The zero-order valence-electron chi connectivity index (χ0n) is 20.8. The van der Waals surface area contributed by atoms with Crippen LogP contribution in [0.15, 0.2) is 89.4 Å². The zero-order chi connectivity index (χ0) is 27.1. The van der Waals surface area contributed by atoms with Crippen LogP contribution in [-0.2, 0) is 22.6 Å². The highest BCUT2D eigenvalue weighted by atomic mass is 79.9. The van der Waals surface area contributed by atoms with Gasteiger partial charge in [-0.15, -0.1) is 0 Å². The van der Waals surface area contributed by atoms with Crippen molar-refractivity contribution in [3.05, 3.63) is 111 Å². The van der Waals surface area contributed by atoms with E-state index in [0.29, 0.717) is 28.8 Å². The van der Waals surface area contributed by atoms with Crippen LogP contribution in [-0.4, -0.2) is 35.9 Å². The first-order chi connectivity index (χ1) is 18.4. The highest BCUT2D eigenvalue weighted by Gasteiger charge is 2.30. The minimum atomic E-state index is -0.761. The summed E-state index contributed by atoms with van der Waals surface area (Å²) in [5, 5.41) is 5.72. The standard InChI is InChI=1S/C30H27BrCl2N2O3/c1-2-34-30(37)26(17-20-8-4-3-5-9-20)35(18-21-12-14-24(32)25(33)16-21)28(36)19-38-27-15-13-22-10-6-7-11-23(22)29(27)31/h3-16,26H,2,17-19H2,1H3,(H,34,37). The number of nitrogens with zero attached hydrogens (tertiary/aromatic N) is 1. The van der Waals surface area contributed by atoms with E-state index in [4.69, 9.17) is 27.9 Å². The number of likely N-dealkylation sites (N-methyl/N-ethyl adjacent to an activating group) is 1. The number of halogens is 3. The number of benzene rings is 4. The van der Waals surface area contributed by atoms with Gasteiger partial charge in [0.25, 0.3) is 5.91 Å². The third kappa shape index (κ3) is 6.87. The summed E-state index contributed by atoms with van der Waals surface area (Å²) in [4.78, 5) is 28.6. The Bertz CT molecular complexity index is 1430. The van der Waals surface area contributed by atoms with Crippen molar-refractivity contribution in [1.82, 2.24) is 10.2 Å². The molecular weight excluding hydrogens is 587 g/mol. The molecule has 4 aromatic carbocycles.